The standard InChI is InChI=1S/C26H33N7O4/c1-26(2,3)37-25(35)33(17-6-7-17)18-8-9-32(15-18)23-13-27-21(12-28-23)24(34)29-20-10-16-14-31(4)30-19(16)11-22(20)36-5/h10-14,17-18H,6-9,15H2,1-5H3,(H,29,34)/t18-/m1/s1. The van der Waals surface area contributed by atoms with E-state index in [4.69, 9.17) is 9.47 Å². The Morgan fingerprint density at radius 1 is 1.11 bits per heavy atom. The molecule has 1 atom stereocenters. The summed E-state index contributed by atoms with van der Waals surface area (Å²) in [6.45, 7) is 7.06. The van der Waals surface area contributed by atoms with Crippen molar-refractivity contribution < 1.29 is 19.1 Å². The van der Waals surface area contributed by atoms with Gasteiger partial charge in [-0.15, -0.1) is 0 Å². The van der Waals surface area contributed by atoms with Crippen LogP contribution in [0.25, 0.3) is 10.9 Å². The average Bonchev–Trinajstić information content (AvgIpc) is 3.42. The highest BCUT2D eigenvalue weighted by atomic mass is 16.6. The fourth-order valence-electron chi connectivity index (χ4n) is 4.67. The van der Waals surface area contributed by atoms with Crippen molar-refractivity contribution in [3.8, 4) is 5.75 Å². The molecule has 3 heterocycles. The highest BCUT2D eigenvalue weighted by Gasteiger charge is 2.42. The Labute approximate surface area is 215 Å². The lowest BCUT2D eigenvalue weighted by Crippen LogP contribution is -2.46. The van der Waals surface area contributed by atoms with Crippen molar-refractivity contribution in [2.24, 2.45) is 7.05 Å². The zero-order valence-electron chi connectivity index (χ0n) is 21.9. The SMILES string of the molecule is COc1cc2nn(C)cc2cc1NC(=O)c1cnc(N2CC[C@@H](N(C(=O)OC(C)(C)C)C3CC3)C2)cn1. The number of aromatic nitrogens is 4. The van der Waals surface area contributed by atoms with E-state index < -0.39 is 5.60 Å². The molecule has 11 heteroatoms. The summed E-state index contributed by atoms with van der Waals surface area (Å²) in [7, 11) is 3.39. The summed E-state index contributed by atoms with van der Waals surface area (Å²) >= 11 is 0. The van der Waals surface area contributed by atoms with Gasteiger partial charge in [0.25, 0.3) is 5.91 Å². The van der Waals surface area contributed by atoms with Gasteiger partial charge < -0.3 is 24.6 Å². The summed E-state index contributed by atoms with van der Waals surface area (Å²) in [5.74, 6) is 0.801. The number of rotatable bonds is 6. The molecule has 196 valence electrons. The average molecular weight is 508 g/mol. The Hall–Kier alpha value is -3.89. The first kappa shape index (κ1) is 24.8. The summed E-state index contributed by atoms with van der Waals surface area (Å²) in [6, 6.07) is 3.91. The Bertz CT molecular complexity index is 1310. The molecular formula is C26H33N7O4. The van der Waals surface area contributed by atoms with E-state index >= 15 is 0 Å². The number of hydrogen-bond acceptors (Lipinski definition) is 8. The zero-order valence-corrected chi connectivity index (χ0v) is 21.9. The van der Waals surface area contributed by atoms with Crippen LogP contribution in [0.1, 0.15) is 50.5 Å². The molecule has 1 aromatic carbocycles. The molecule has 1 aliphatic heterocycles. The second kappa shape index (κ2) is 9.53. The molecular weight excluding hydrogens is 474 g/mol. The van der Waals surface area contributed by atoms with Crippen LogP contribution in [0.3, 0.4) is 0 Å². The molecule has 5 rings (SSSR count). The predicted octanol–water partition coefficient (Wildman–Crippen LogP) is 3.60. The number of nitrogens with zero attached hydrogens (tertiary/aromatic N) is 6. The summed E-state index contributed by atoms with van der Waals surface area (Å²) < 4.78 is 12.8. The number of carbonyl (C=O) groups excluding carboxylic acids is 2. The van der Waals surface area contributed by atoms with Gasteiger partial charge in [-0.3, -0.25) is 9.48 Å². The Kier molecular flexibility index (Phi) is 6.38. The van der Waals surface area contributed by atoms with E-state index in [1.807, 2.05) is 45.0 Å². The number of aryl methyl sites for hydroxylation is 1. The minimum atomic E-state index is -0.530. The third kappa shape index (κ3) is 5.45. The van der Waals surface area contributed by atoms with Crippen LogP contribution in [0.15, 0.2) is 30.7 Å². The second-order valence-corrected chi connectivity index (χ2v) is 10.6. The number of ether oxygens (including phenoxy) is 2. The number of methoxy groups -OCH3 is 1. The Morgan fingerprint density at radius 3 is 2.54 bits per heavy atom. The minimum Gasteiger partial charge on any atom is -0.494 e. The van der Waals surface area contributed by atoms with Crippen molar-refractivity contribution in [2.45, 2.75) is 57.7 Å². The van der Waals surface area contributed by atoms with E-state index in [0.717, 1.165) is 36.7 Å². The van der Waals surface area contributed by atoms with Crippen molar-refractivity contribution in [1.82, 2.24) is 24.6 Å². The van der Waals surface area contributed by atoms with E-state index in [1.165, 1.54) is 6.20 Å². The van der Waals surface area contributed by atoms with Crippen LogP contribution in [0.5, 0.6) is 5.75 Å². The lowest BCUT2D eigenvalue weighted by Gasteiger charge is -2.31. The van der Waals surface area contributed by atoms with Crippen LogP contribution in [-0.4, -0.2) is 74.5 Å². The summed E-state index contributed by atoms with van der Waals surface area (Å²) in [5.41, 5.74) is 0.972. The molecule has 0 unspecified atom stereocenters. The number of amides is 2. The molecule has 1 saturated heterocycles. The first-order valence-electron chi connectivity index (χ1n) is 12.5. The van der Waals surface area contributed by atoms with Gasteiger partial charge in [0.05, 0.1) is 36.7 Å². The third-order valence-corrected chi connectivity index (χ3v) is 6.48. The van der Waals surface area contributed by atoms with Crippen LogP contribution >= 0.6 is 0 Å². The lowest BCUT2D eigenvalue weighted by molar-refractivity contribution is 0.0158. The number of benzene rings is 1. The third-order valence-electron chi connectivity index (χ3n) is 6.48. The van der Waals surface area contributed by atoms with Crippen molar-refractivity contribution in [3.05, 3.63) is 36.4 Å². The van der Waals surface area contributed by atoms with Gasteiger partial charge in [-0.1, -0.05) is 0 Å². The lowest BCUT2D eigenvalue weighted by atomic mass is 10.2. The largest absolute Gasteiger partial charge is 0.494 e. The highest BCUT2D eigenvalue weighted by Crippen LogP contribution is 2.34. The minimum absolute atomic E-state index is 0.0574. The smallest absolute Gasteiger partial charge is 0.410 e. The summed E-state index contributed by atoms with van der Waals surface area (Å²) in [6.07, 6.45) is 7.55. The number of carbonyl (C=O) groups is 2. The molecule has 2 aliphatic rings. The van der Waals surface area contributed by atoms with E-state index in [-0.39, 0.29) is 29.8 Å². The second-order valence-electron chi connectivity index (χ2n) is 10.6. The van der Waals surface area contributed by atoms with E-state index in [2.05, 4.69) is 25.3 Å². The van der Waals surface area contributed by atoms with Crippen LogP contribution in [-0.2, 0) is 11.8 Å². The van der Waals surface area contributed by atoms with Gasteiger partial charge >= 0.3 is 6.09 Å². The zero-order chi connectivity index (χ0) is 26.3. The summed E-state index contributed by atoms with van der Waals surface area (Å²) in [4.78, 5) is 38.6. The molecule has 37 heavy (non-hydrogen) atoms. The molecule has 1 N–H and O–H groups in total. The van der Waals surface area contributed by atoms with Crippen molar-refractivity contribution in [2.75, 3.05) is 30.4 Å². The van der Waals surface area contributed by atoms with Crippen LogP contribution < -0.4 is 15.0 Å². The van der Waals surface area contributed by atoms with Gasteiger partial charge in [0.1, 0.15) is 22.9 Å². The van der Waals surface area contributed by atoms with E-state index in [0.29, 0.717) is 23.8 Å². The first-order valence-corrected chi connectivity index (χ1v) is 12.5. The Morgan fingerprint density at radius 2 is 1.89 bits per heavy atom. The molecule has 3 aromatic rings. The van der Waals surface area contributed by atoms with Crippen molar-refractivity contribution >= 4 is 34.4 Å². The van der Waals surface area contributed by atoms with Crippen LogP contribution in [0.4, 0.5) is 16.3 Å². The van der Waals surface area contributed by atoms with Crippen molar-refractivity contribution in [1.29, 1.82) is 0 Å². The van der Waals surface area contributed by atoms with Gasteiger partial charge in [0.2, 0.25) is 0 Å². The molecule has 0 bridgehead atoms. The molecule has 0 spiro atoms. The molecule has 1 saturated carbocycles. The van der Waals surface area contributed by atoms with Gasteiger partial charge in [0, 0.05) is 43.8 Å². The fraction of sp³-hybridized carbons (Fsp3) is 0.500. The van der Waals surface area contributed by atoms with Crippen molar-refractivity contribution in [3.63, 3.8) is 0 Å². The quantitative estimate of drug-likeness (QED) is 0.538. The van der Waals surface area contributed by atoms with E-state index in [9.17, 15) is 9.59 Å². The van der Waals surface area contributed by atoms with Gasteiger partial charge in [0.15, 0.2) is 0 Å². The molecule has 2 aromatic heterocycles. The maximum absolute atomic E-state index is 12.9. The van der Waals surface area contributed by atoms with Gasteiger partial charge in [-0.05, 0) is 46.1 Å². The van der Waals surface area contributed by atoms with Gasteiger partial charge in [-0.25, -0.2) is 14.8 Å². The summed E-state index contributed by atoms with van der Waals surface area (Å²) in [5, 5.41) is 8.12. The molecule has 1 aliphatic carbocycles. The number of anilines is 2. The number of fused-ring (bicyclic) bond motifs is 1. The van der Waals surface area contributed by atoms with Gasteiger partial charge in [-0.2, -0.15) is 5.10 Å². The topological polar surface area (TPSA) is 115 Å². The fourth-order valence-corrected chi connectivity index (χ4v) is 4.67. The van der Waals surface area contributed by atoms with E-state index in [1.54, 1.807) is 24.1 Å². The monoisotopic (exact) mass is 507 g/mol. The first-order chi connectivity index (χ1) is 17.6. The Balaban J connectivity index is 1.25. The molecule has 2 amide bonds. The normalized spacial score (nSPS) is 17.6. The number of nitrogens with one attached hydrogen (secondary N) is 1. The molecule has 11 nitrogen and oxygen atoms in total. The van der Waals surface area contributed by atoms with Crippen LogP contribution in [0, 0.1) is 0 Å². The predicted molar refractivity (Wildman–Crippen MR) is 139 cm³/mol. The number of hydrogen-bond donors (Lipinski definition) is 1. The highest BCUT2D eigenvalue weighted by molar-refractivity contribution is 6.04. The maximum atomic E-state index is 12.9. The van der Waals surface area contributed by atoms with Crippen LogP contribution in [0.2, 0.25) is 0 Å². The maximum Gasteiger partial charge on any atom is 0.410 e. The molecule has 0 radical (unpaired) electrons. The molecule has 2 fully saturated rings.